The molecule has 0 amide bonds. The maximum atomic E-state index is 12.7. The zero-order valence-corrected chi connectivity index (χ0v) is 10.4. The van der Waals surface area contributed by atoms with Crippen LogP contribution in [0.3, 0.4) is 0 Å². The van der Waals surface area contributed by atoms with Gasteiger partial charge in [0.15, 0.2) is 5.69 Å². The number of alkyl halides is 3. The van der Waals surface area contributed by atoms with E-state index in [1.165, 1.54) is 7.05 Å². The van der Waals surface area contributed by atoms with Crippen LogP contribution in [0.4, 0.5) is 13.2 Å². The molecule has 18 heavy (non-hydrogen) atoms. The standard InChI is InChI=1S/C9H12F3N3O2S/c1-14-6-7(8(13-14)9(10,11)12)18(16,17)15-4-2-3-5-15/h6H,2-5H2,1H3. The first-order valence-electron chi connectivity index (χ1n) is 5.34. The minimum absolute atomic E-state index is 0.258. The molecule has 1 aliphatic heterocycles. The molecule has 1 fully saturated rings. The summed E-state index contributed by atoms with van der Waals surface area (Å²) >= 11 is 0. The predicted molar refractivity (Wildman–Crippen MR) is 56.2 cm³/mol. The molecule has 0 spiro atoms. The second-order valence-corrected chi connectivity index (χ2v) is 6.03. The number of rotatable bonds is 2. The number of aromatic nitrogens is 2. The first kappa shape index (κ1) is 13.3. The molecule has 0 aromatic carbocycles. The molecule has 102 valence electrons. The Morgan fingerprint density at radius 2 is 1.83 bits per heavy atom. The van der Waals surface area contributed by atoms with Crippen molar-refractivity contribution in [3.05, 3.63) is 11.9 Å². The highest BCUT2D eigenvalue weighted by atomic mass is 32.2. The maximum Gasteiger partial charge on any atom is 0.436 e. The Labute approximate surface area is 102 Å². The lowest BCUT2D eigenvalue weighted by Crippen LogP contribution is -2.29. The van der Waals surface area contributed by atoms with Crippen LogP contribution in [-0.2, 0) is 23.2 Å². The van der Waals surface area contributed by atoms with Crippen LogP contribution in [0.15, 0.2) is 11.1 Å². The van der Waals surface area contributed by atoms with E-state index in [2.05, 4.69) is 5.10 Å². The van der Waals surface area contributed by atoms with E-state index in [-0.39, 0.29) is 13.1 Å². The van der Waals surface area contributed by atoms with E-state index in [0.717, 1.165) is 15.2 Å². The van der Waals surface area contributed by atoms with Gasteiger partial charge >= 0.3 is 6.18 Å². The summed E-state index contributed by atoms with van der Waals surface area (Å²) in [5, 5.41) is 3.21. The molecule has 2 heterocycles. The zero-order chi connectivity index (χ0) is 13.6. The first-order valence-corrected chi connectivity index (χ1v) is 6.78. The summed E-state index contributed by atoms with van der Waals surface area (Å²) in [5.41, 5.74) is -1.35. The fourth-order valence-electron chi connectivity index (χ4n) is 1.92. The Morgan fingerprint density at radius 3 is 2.33 bits per heavy atom. The molecule has 1 aromatic rings. The molecular weight excluding hydrogens is 271 g/mol. The molecule has 0 bridgehead atoms. The molecule has 0 N–H and O–H groups in total. The lowest BCUT2D eigenvalue weighted by atomic mass is 10.4. The van der Waals surface area contributed by atoms with Gasteiger partial charge in [0.2, 0.25) is 10.0 Å². The van der Waals surface area contributed by atoms with E-state index < -0.39 is 26.8 Å². The molecule has 9 heteroatoms. The average Bonchev–Trinajstić information content (AvgIpc) is 2.83. The van der Waals surface area contributed by atoms with Crippen molar-refractivity contribution in [2.75, 3.05) is 13.1 Å². The van der Waals surface area contributed by atoms with Crippen molar-refractivity contribution in [2.45, 2.75) is 23.9 Å². The third-order valence-corrected chi connectivity index (χ3v) is 4.65. The fraction of sp³-hybridized carbons (Fsp3) is 0.667. The molecule has 0 unspecified atom stereocenters. The highest BCUT2D eigenvalue weighted by molar-refractivity contribution is 7.89. The Kier molecular flexibility index (Phi) is 3.14. The molecule has 0 saturated carbocycles. The van der Waals surface area contributed by atoms with Gasteiger partial charge in [-0.05, 0) is 12.8 Å². The number of aryl methyl sites for hydroxylation is 1. The highest BCUT2D eigenvalue weighted by Gasteiger charge is 2.42. The summed E-state index contributed by atoms with van der Waals surface area (Å²) in [5.74, 6) is 0. The van der Waals surface area contributed by atoms with Crippen LogP contribution in [-0.4, -0.2) is 35.6 Å². The van der Waals surface area contributed by atoms with Crippen LogP contribution >= 0.6 is 0 Å². The van der Waals surface area contributed by atoms with Crippen molar-refractivity contribution in [1.29, 1.82) is 0 Å². The summed E-state index contributed by atoms with van der Waals surface area (Å²) in [6.07, 6.45) is -2.54. The molecule has 0 atom stereocenters. The second-order valence-electron chi connectivity index (χ2n) is 4.12. The van der Waals surface area contributed by atoms with Crippen molar-refractivity contribution in [3.8, 4) is 0 Å². The Hall–Kier alpha value is -1.09. The van der Waals surface area contributed by atoms with Crippen LogP contribution in [0.1, 0.15) is 18.5 Å². The van der Waals surface area contributed by atoms with Crippen molar-refractivity contribution < 1.29 is 21.6 Å². The average molecular weight is 283 g/mol. The maximum absolute atomic E-state index is 12.7. The van der Waals surface area contributed by atoms with Gasteiger partial charge in [-0.15, -0.1) is 0 Å². The van der Waals surface area contributed by atoms with E-state index >= 15 is 0 Å². The van der Waals surface area contributed by atoms with Crippen LogP contribution in [0.2, 0.25) is 0 Å². The number of hydrogen-bond donors (Lipinski definition) is 0. The van der Waals surface area contributed by atoms with Gasteiger partial charge < -0.3 is 0 Å². The molecule has 5 nitrogen and oxygen atoms in total. The summed E-state index contributed by atoms with van der Waals surface area (Å²) < 4.78 is 64.3. The first-order chi connectivity index (χ1) is 8.23. The molecule has 1 aliphatic rings. The molecule has 1 saturated heterocycles. The number of sulfonamides is 1. The predicted octanol–water partition coefficient (Wildman–Crippen LogP) is 1.22. The summed E-state index contributed by atoms with van der Waals surface area (Å²) in [6, 6.07) is 0. The van der Waals surface area contributed by atoms with Crippen LogP contribution in [0.5, 0.6) is 0 Å². The molecule has 0 aliphatic carbocycles. The SMILES string of the molecule is Cn1cc(S(=O)(=O)N2CCCC2)c(C(F)(F)F)n1. The summed E-state index contributed by atoms with van der Waals surface area (Å²) in [4.78, 5) is -0.764. The van der Waals surface area contributed by atoms with Crippen molar-refractivity contribution in [2.24, 2.45) is 7.05 Å². The van der Waals surface area contributed by atoms with Crippen molar-refractivity contribution in [1.82, 2.24) is 14.1 Å². The summed E-state index contributed by atoms with van der Waals surface area (Å²) in [6.45, 7) is 0.517. The van der Waals surface area contributed by atoms with E-state index in [0.29, 0.717) is 12.8 Å². The quantitative estimate of drug-likeness (QED) is 0.820. The number of halogens is 3. The van der Waals surface area contributed by atoms with Crippen molar-refractivity contribution >= 4 is 10.0 Å². The lowest BCUT2D eigenvalue weighted by Gasteiger charge is -2.15. The monoisotopic (exact) mass is 283 g/mol. The molecule has 1 aromatic heterocycles. The lowest BCUT2D eigenvalue weighted by molar-refractivity contribution is -0.143. The van der Waals surface area contributed by atoms with E-state index in [1.807, 2.05) is 0 Å². The van der Waals surface area contributed by atoms with Gasteiger partial charge in [0.05, 0.1) is 0 Å². The van der Waals surface area contributed by atoms with Gasteiger partial charge in [0.25, 0.3) is 0 Å². The molecule has 0 radical (unpaired) electrons. The van der Waals surface area contributed by atoms with Crippen molar-refractivity contribution in [3.63, 3.8) is 0 Å². The fourth-order valence-corrected chi connectivity index (χ4v) is 3.62. The van der Waals surface area contributed by atoms with E-state index in [9.17, 15) is 21.6 Å². The Balaban J connectivity index is 2.50. The second kappa shape index (κ2) is 4.23. The van der Waals surface area contributed by atoms with Crippen LogP contribution < -0.4 is 0 Å². The van der Waals surface area contributed by atoms with E-state index in [1.54, 1.807) is 0 Å². The van der Waals surface area contributed by atoms with Gasteiger partial charge in [-0.3, -0.25) is 4.68 Å². The van der Waals surface area contributed by atoms with E-state index in [4.69, 9.17) is 0 Å². The third-order valence-electron chi connectivity index (χ3n) is 2.75. The molecule has 2 rings (SSSR count). The van der Waals surface area contributed by atoms with Crippen LogP contribution in [0, 0.1) is 0 Å². The minimum atomic E-state index is -4.77. The Bertz CT molecular complexity index is 544. The number of hydrogen-bond acceptors (Lipinski definition) is 3. The Morgan fingerprint density at radius 1 is 1.28 bits per heavy atom. The summed E-state index contributed by atoms with van der Waals surface area (Å²) in [7, 11) is -2.84. The van der Waals surface area contributed by atoms with Gasteiger partial charge in [-0.2, -0.15) is 22.6 Å². The van der Waals surface area contributed by atoms with Gasteiger partial charge in [-0.25, -0.2) is 8.42 Å². The largest absolute Gasteiger partial charge is 0.436 e. The van der Waals surface area contributed by atoms with Gasteiger partial charge in [-0.1, -0.05) is 0 Å². The minimum Gasteiger partial charge on any atom is -0.274 e. The number of nitrogens with zero attached hydrogens (tertiary/aromatic N) is 3. The zero-order valence-electron chi connectivity index (χ0n) is 9.61. The molecular formula is C9H12F3N3O2S. The van der Waals surface area contributed by atoms with Gasteiger partial charge in [0.1, 0.15) is 4.90 Å². The third kappa shape index (κ3) is 2.24. The highest BCUT2D eigenvalue weighted by Crippen LogP contribution is 2.34. The van der Waals surface area contributed by atoms with Gasteiger partial charge in [0, 0.05) is 26.3 Å². The smallest absolute Gasteiger partial charge is 0.274 e. The topological polar surface area (TPSA) is 55.2 Å². The normalized spacial score (nSPS) is 18.4. The van der Waals surface area contributed by atoms with Crippen LogP contribution in [0.25, 0.3) is 0 Å².